The van der Waals surface area contributed by atoms with Crippen LogP contribution in [0.2, 0.25) is 0 Å². The summed E-state index contributed by atoms with van der Waals surface area (Å²) < 4.78 is 1.85. The third-order valence-electron chi connectivity index (χ3n) is 3.06. The van der Waals surface area contributed by atoms with Gasteiger partial charge < -0.3 is 0 Å². The van der Waals surface area contributed by atoms with Crippen molar-refractivity contribution in [3.63, 3.8) is 0 Å². The van der Waals surface area contributed by atoms with Crippen LogP contribution in [-0.4, -0.2) is 20.2 Å². The van der Waals surface area contributed by atoms with E-state index in [1.807, 2.05) is 4.68 Å². The van der Waals surface area contributed by atoms with Crippen molar-refractivity contribution < 1.29 is 0 Å². The molecule has 16 heavy (non-hydrogen) atoms. The highest BCUT2D eigenvalue weighted by Gasteiger charge is 2.25. The number of aromatic nitrogens is 4. The molecule has 0 spiro atoms. The Labute approximate surface area is 98.2 Å². The molecule has 4 nitrogen and oxygen atoms in total. The van der Waals surface area contributed by atoms with Crippen LogP contribution in [0.5, 0.6) is 0 Å². The van der Waals surface area contributed by atoms with Gasteiger partial charge in [0.25, 0.3) is 0 Å². The Morgan fingerprint density at radius 3 is 2.56 bits per heavy atom. The van der Waals surface area contributed by atoms with Gasteiger partial charge in [0.2, 0.25) is 0 Å². The molecule has 0 saturated heterocycles. The van der Waals surface area contributed by atoms with Crippen LogP contribution in [0.1, 0.15) is 23.0 Å². The van der Waals surface area contributed by atoms with E-state index < -0.39 is 0 Å². The largest absolute Gasteiger partial charge is 0.225 e. The summed E-state index contributed by atoms with van der Waals surface area (Å²) in [4.78, 5) is 0. The Morgan fingerprint density at radius 2 is 1.94 bits per heavy atom. The van der Waals surface area contributed by atoms with E-state index in [2.05, 4.69) is 39.8 Å². The third kappa shape index (κ3) is 1.50. The van der Waals surface area contributed by atoms with Crippen LogP contribution in [0, 0.1) is 0 Å². The maximum absolute atomic E-state index is 5.80. The average Bonchev–Trinajstić information content (AvgIpc) is 2.94. The number of benzene rings is 1. The topological polar surface area (TPSA) is 43.6 Å². The van der Waals surface area contributed by atoms with E-state index in [4.69, 9.17) is 11.6 Å². The summed E-state index contributed by atoms with van der Waals surface area (Å²) in [6.45, 7) is 0. The van der Waals surface area contributed by atoms with Gasteiger partial charge in [-0.3, -0.25) is 0 Å². The Kier molecular flexibility index (Phi) is 2.36. The molecule has 0 N–H and O–H groups in total. The van der Waals surface area contributed by atoms with Crippen LogP contribution in [0.25, 0.3) is 0 Å². The smallest absolute Gasteiger partial charge is 0.166 e. The number of halogens is 1. The fourth-order valence-electron chi connectivity index (χ4n) is 2.29. The number of rotatable bonds is 2. The first-order chi connectivity index (χ1) is 7.88. The molecule has 1 aromatic heterocycles. The van der Waals surface area contributed by atoms with E-state index in [9.17, 15) is 0 Å². The molecule has 3 rings (SSSR count). The fourth-order valence-corrected chi connectivity index (χ4v) is 2.47. The fraction of sp³-hybridized carbons (Fsp3) is 0.364. The zero-order valence-electron chi connectivity index (χ0n) is 8.67. The van der Waals surface area contributed by atoms with Crippen LogP contribution < -0.4 is 0 Å². The van der Waals surface area contributed by atoms with E-state index in [-0.39, 0.29) is 0 Å². The van der Waals surface area contributed by atoms with E-state index in [0.717, 1.165) is 18.7 Å². The van der Waals surface area contributed by atoms with Crippen molar-refractivity contribution in [2.75, 3.05) is 0 Å². The monoisotopic (exact) mass is 234 g/mol. The highest BCUT2D eigenvalue weighted by Crippen LogP contribution is 2.29. The first kappa shape index (κ1) is 9.78. The Morgan fingerprint density at radius 1 is 1.25 bits per heavy atom. The maximum Gasteiger partial charge on any atom is 0.166 e. The van der Waals surface area contributed by atoms with Crippen molar-refractivity contribution in [3.8, 4) is 0 Å². The first-order valence-corrected chi connectivity index (χ1v) is 5.81. The lowest BCUT2D eigenvalue weighted by Crippen LogP contribution is -2.13. The zero-order valence-corrected chi connectivity index (χ0v) is 9.43. The highest BCUT2D eigenvalue weighted by molar-refractivity contribution is 6.16. The van der Waals surface area contributed by atoms with Gasteiger partial charge in [0.1, 0.15) is 0 Å². The van der Waals surface area contributed by atoms with Gasteiger partial charge in [0.05, 0.1) is 11.9 Å². The van der Waals surface area contributed by atoms with Crippen molar-refractivity contribution in [2.45, 2.75) is 24.8 Å². The van der Waals surface area contributed by atoms with Gasteiger partial charge in [-0.2, -0.15) is 0 Å². The summed E-state index contributed by atoms with van der Waals surface area (Å²) in [5, 5.41) is 11.6. The van der Waals surface area contributed by atoms with Crippen molar-refractivity contribution in [1.82, 2.24) is 20.2 Å². The minimum Gasteiger partial charge on any atom is -0.225 e. The Hall–Kier alpha value is -1.42. The SMILES string of the molecule is ClCc1nnnn1C1Cc2ccccc2C1. The molecule has 0 unspecified atom stereocenters. The van der Waals surface area contributed by atoms with Crippen LogP contribution in [-0.2, 0) is 18.7 Å². The van der Waals surface area contributed by atoms with Crippen LogP contribution in [0.15, 0.2) is 24.3 Å². The quantitative estimate of drug-likeness (QED) is 0.744. The predicted molar refractivity (Wildman–Crippen MR) is 60.3 cm³/mol. The second-order valence-corrected chi connectivity index (χ2v) is 4.27. The molecule has 0 aliphatic heterocycles. The van der Waals surface area contributed by atoms with Crippen molar-refractivity contribution in [2.24, 2.45) is 0 Å². The molecular formula is C11H11ClN4. The van der Waals surface area contributed by atoms with Crippen LogP contribution in [0.4, 0.5) is 0 Å². The van der Waals surface area contributed by atoms with Crippen molar-refractivity contribution in [1.29, 1.82) is 0 Å². The summed E-state index contributed by atoms with van der Waals surface area (Å²) in [6.07, 6.45) is 1.98. The summed E-state index contributed by atoms with van der Waals surface area (Å²) >= 11 is 5.80. The Bertz CT molecular complexity index is 483. The standard InChI is InChI=1S/C11H11ClN4/c12-7-11-13-14-15-16(11)10-5-8-3-1-2-4-9(8)6-10/h1-4,10H,5-7H2. The van der Waals surface area contributed by atoms with E-state index in [1.165, 1.54) is 11.1 Å². The van der Waals surface area contributed by atoms with Gasteiger partial charge in [-0.05, 0) is 34.4 Å². The lowest BCUT2D eigenvalue weighted by Gasteiger charge is -2.09. The molecule has 2 aromatic rings. The second-order valence-electron chi connectivity index (χ2n) is 4.00. The molecule has 0 saturated carbocycles. The van der Waals surface area contributed by atoms with Gasteiger partial charge in [0, 0.05) is 0 Å². The minimum atomic E-state index is 0.321. The van der Waals surface area contributed by atoms with Crippen LogP contribution in [0.3, 0.4) is 0 Å². The highest BCUT2D eigenvalue weighted by atomic mass is 35.5. The minimum absolute atomic E-state index is 0.321. The van der Waals surface area contributed by atoms with E-state index in [0.29, 0.717) is 11.9 Å². The van der Waals surface area contributed by atoms with Crippen molar-refractivity contribution in [3.05, 3.63) is 41.2 Å². The van der Waals surface area contributed by atoms with Crippen LogP contribution >= 0.6 is 11.6 Å². The van der Waals surface area contributed by atoms with E-state index in [1.54, 1.807) is 0 Å². The number of nitrogens with zero attached hydrogens (tertiary/aromatic N) is 4. The maximum atomic E-state index is 5.80. The Balaban J connectivity index is 1.91. The lowest BCUT2D eigenvalue weighted by atomic mass is 10.1. The molecule has 1 heterocycles. The molecule has 1 aromatic carbocycles. The second kappa shape index (κ2) is 3.87. The lowest BCUT2D eigenvalue weighted by molar-refractivity contribution is 0.450. The van der Waals surface area contributed by atoms with Gasteiger partial charge in [0.15, 0.2) is 5.82 Å². The molecule has 1 aliphatic rings. The van der Waals surface area contributed by atoms with Gasteiger partial charge in [-0.25, -0.2) is 4.68 Å². The number of tetrazole rings is 1. The number of hydrogen-bond donors (Lipinski definition) is 0. The molecular weight excluding hydrogens is 224 g/mol. The number of fused-ring (bicyclic) bond motifs is 1. The summed E-state index contributed by atoms with van der Waals surface area (Å²) in [5.74, 6) is 1.11. The van der Waals surface area contributed by atoms with Crippen molar-refractivity contribution >= 4 is 11.6 Å². The van der Waals surface area contributed by atoms with Gasteiger partial charge in [-0.15, -0.1) is 16.7 Å². The molecule has 0 radical (unpaired) electrons. The zero-order chi connectivity index (χ0) is 11.0. The summed E-state index contributed by atoms with van der Waals surface area (Å²) in [5.41, 5.74) is 2.78. The predicted octanol–water partition coefficient (Wildman–Crippen LogP) is 1.75. The normalized spacial score (nSPS) is 15.3. The average molecular weight is 235 g/mol. The molecule has 0 amide bonds. The number of hydrogen-bond acceptors (Lipinski definition) is 3. The first-order valence-electron chi connectivity index (χ1n) is 5.28. The van der Waals surface area contributed by atoms with Gasteiger partial charge in [-0.1, -0.05) is 24.3 Å². The number of alkyl halides is 1. The van der Waals surface area contributed by atoms with Gasteiger partial charge >= 0.3 is 0 Å². The summed E-state index contributed by atoms with van der Waals surface area (Å²) in [6, 6.07) is 8.80. The molecule has 1 aliphatic carbocycles. The van der Waals surface area contributed by atoms with E-state index >= 15 is 0 Å². The molecule has 5 heteroatoms. The summed E-state index contributed by atoms with van der Waals surface area (Å²) in [7, 11) is 0. The third-order valence-corrected chi connectivity index (χ3v) is 3.29. The molecule has 0 atom stereocenters. The molecule has 0 bridgehead atoms. The molecule has 0 fully saturated rings. The molecule has 82 valence electrons.